The lowest BCUT2D eigenvalue weighted by molar-refractivity contribution is 0.122. The smallest absolute Gasteiger partial charge is 0.218 e. The summed E-state index contributed by atoms with van der Waals surface area (Å²) in [7, 11) is 4.01. The second-order valence-corrected chi connectivity index (χ2v) is 4.83. The molecule has 5 nitrogen and oxygen atoms in total. The number of aryl methyl sites for hydroxylation is 1. The Morgan fingerprint density at radius 2 is 2.28 bits per heavy atom. The molecule has 1 atom stereocenters. The van der Waals surface area contributed by atoms with E-state index in [2.05, 4.69) is 27.2 Å². The first-order valence-electron chi connectivity index (χ1n) is 6.55. The van der Waals surface area contributed by atoms with Gasteiger partial charge in [0.05, 0.1) is 0 Å². The molecule has 1 aromatic rings. The van der Waals surface area contributed by atoms with Crippen molar-refractivity contribution in [3.8, 4) is 5.88 Å². The Bertz CT molecular complexity index is 397. The summed E-state index contributed by atoms with van der Waals surface area (Å²) in [5, 5.41) is 3.01. The largest absolute Gasteiger partial charge is 0.476 e. The summed E-state index contributed by atoms with van der Waals surface area (Å²) < 4.78 is 5.81. The van der Waals surface area contributed by atoms with Crippen LogP contribution in [0.5, 0.6) is 5.88 Å². The van der Waals surface area contributed by atoms with Gasteiger partial charge in [0.2, 0.25) is 5.88 Å². The molecule has 1 fully saturated rings. The molecule has 0 amide bonds. The van der Waals surface area contributed by atoms with Gasteiger partial charge in [0, 0.05) is 19.2 Å². The van der Waals surface area contributed by atoms with Crippen LogP contribution in [0.4, 0.5) is 5.82 Å². The average Bonchev–Trinajstić information content (AvgIpc) is 2.37. The van der Waals surface area contributed by atoms with Gasteiger partial charge in [-0.15, -0.1) is 0 Å². The maximum Gasteiger partial charge on any atom is 0.218 e. The van der Waals surface area contributed by atoms with Crippen LogP contribution >= 0.6 is 0 Å². The Balaban J connectivity index is 1.94. The first kappa shape index (κ1) is 13.1. The van der Waals surface area contributed by atoms with E-state index in [4.69, 9.17) is 4.74 Å². The van der Waals surface area contributed by atoms with E-state index in [1.807, 2.05) is 20.0 Å². The molecule has 5 heteroatoms. The third-order valence-corrected chi connectivity index (χ3v) is 3.42. The number of piperidine rings is 1. The van der Waals surface area contributed by atoms with Crippen LogP contribution in [0.15, 0.2) is 6.07 Å². The highest BCUT2D eigenvalue weighted by atomic mass is 16.5. The fourth-order valence-electron chi connectivity index (χ4n) is 2.28. The van der Waals surface area contributed by atoms with Crippen molar-refractivity contribution in [3.63, 3.8) is 0 Å². The van der Waals surface area contributed by atoms with E-state index in [1.54, 1.807) is 0 Å². The molecular weight excluding hydrogens is 228 g/mol. The molecule has 2 rings (SSSR count). The minimum absolute atomic E-state index is 0.507. The summed E-state index contributed by atoms with van der Waals surface area (Å²) in [5.41, 5.74) is 0. The van der Waals surface area contributed by atoms with Crippen LogP contribution < -0.4 is 10.1 Å². The van der Waals surface area contributed by atoms with E-state index >= 15 is 0 Å². The Morgan fingerprint density at radius 1 is 1.44 bits per heavy atom. The fraction of sp³-hybridized carbons (Fsp3) is 0.692. The van der Waals surface area contributed by atoms with E-state index in [9.17, 15) is 0 Å². The van der Waals surface area contributed by atoms with Crippen LogP contribution in [0, 0.1) is 6.92 Å². The van der Waals surface area contributed by atoms with Crippen LogP contribution in [-0.4, -0.2) is 48.2 Å². The highest BCUT2D eigenvalue weighted by Gasteiger charge is 2.19. The number of ether oxygens (including phenoxy) is 1. The molecule has 0 radical (unpaired) electrons. The lowest BCUT2D eigenvalue weighted by atomic mass is 10.0. The Kier molecular flexibility index (Phi) is 4.36. The fourth-order valence-corrected chi connectivity index (χ4v) is 2.28. The zero-order chi connectivity index (χ0) is 13.0. The van der Waals surface area contributed by atoms with Crippen molar-refractivity contribution in [2.24, 2.45) is 0 Å². The zero-order valence-corrected chi connectivity index (χ0v) is 11.4. The lowest BCUT2D eigenvalue weighted by Crippen LogP contribution is -2.40. The third-order valence-electron chi connectivity index (χ3n) is 3.42. The van der Waals surface area contributed by atoms with Gasteiger partial charge in [0.25, 0.3) is 0 Å². The van der Waals surface area contributed by atoms with Gasteiger partial charge in [-0.3, -0.25) is 0 Å². The molecule has 1 saturated heterocycles. The minimum atomic E-state index is 0.507. The molecule has 1 aliphatic heterocycles. The van der Waals surface area contributed by atoms with Crippen LogP contribution in [0.3, 0.4) is 0 Å². The van der Waals surface area contributed by atoms with E-state index in [0.717, 1.165) is 11.6 Å². The van der Waals surface area contributed by atoms with Gasteiger partial charge in [-0.05, 0) is 33.4 Å². The van der Waals surface area contributed by atoms with Crippen LogP contribution in [0.1, 0.15) is 25.1 Å². The summed E-state index contributed by atoms with van der Waals surface area (Å²) in [5.74, 6) is 2.19. The van der Waals surface area contributed by atoms with E-state index in [0.29, 0.717) is 18.5 Å². The molecule has 0 spiro atoms. The molecule has 2 heterocycles. The van der Waals surface area contributed by atoms with E-state index in [1.165, 1.54) is 25.8 Å². The summed E-state index contributed by atoms with van der Waals surface area (Å²) in [6, 6.07) is 2.35. The van der Waals surface area contributed by atoms with Gasteiger partial charge in [0.15, 0.2) is 0 Å². The lowest BCUT2D eigenvalue weighted by Gasteiger charge is -2.31. The highest BCUT2D eigenvalue weighted by molar-refractivity contribution is 5.37. The first-order valence-corrected chi connectivity index (χ1v) is 6.55. The number of likely N-dealkylation sites (N-methyl/N-ethyl adjacent to an activating group) is 1. The molecule has 0 bridgehead atoms. The van der Waals surface area contributed by atoms with Gasteiger partial charge in [-0.2, -0.15) is 4.98 Å². The van der Waals surface area contributed by atoms with Crippen LogP contribution in [0.2, 0.25) is 0 Å². The molecule has 100 valence electrons. The number of likely N-dealkylation sites (tertiary alicyclic amines) is 1. The number of anilines is 1. The van der Waals surface area contributed by atoms with Gasteiger partial charge in [0.1, 0.15) is 18.2 Å². The molecule has 0 aromatic carbocycles. The number of nitrogens with zero attached hydrogens (tertiary/aromatic N) is 3. The van der Waals surface area contributed by atoms with Crippen molar-refractivity contribution in [1.82, 2.24) is 14.9 Å². The normalized spacial score (nSPS) is 20.7. The van der Waals surface area contributed by atoms with E-state index < -0.39 is 0 Å². The maximum atomic E-state index is 5.81. The molecule has 18 heavy (non-hydrogen) atoms. The van der Waals surface area contributed by atoms with Gasteiger partial charge >= 0.3 is 0 Å². The van der Waals surface area contributed by atoms with Crippen molar-refractivity contribution in [3.05, 3.63) is 11.9 Å². The zero-order valence-electron chi connectivity index (χ0n) is 11.4. The minimum Gasteiger partial charge on any atom is -0.476 e. The maximum absolute atomic E-state index is 5.81. The van der Waals surface area contributed by atoms with Crippen molar-refractivity contribution in [2.45, 2.75) is 32.2 Å². The quantitative estimate of drug-likeness (QED) is 0.881. The molecule has 1 N–H and O–H groups in total. The predicted molar refractivity (Wildman–Crippen MR) is 72.1 cm³/mol. The van der Waals surface area contributed by atoms with Crippen molar-refractivity contribution in [1.29, 1.82) is 0 Å². The van der Waals surface area contributed by atoms with Crippen LogP contribution in [0.25, 0.3) is 0 Å². The summed E-state index contributed by atoms with van der Waals surface area (Å²) in [4.78, 5) is 10.9. The number of aromatic nitrogens is 2. The number of hydrogen-bond donors (Lipinski definition) is 1. The standard InChI is InChI=1S/C13H22N4O/c1-10-15-12(14-2)8-13(16-10)18-9-11-6-4-5-7-17(11)3/h8,11H,4-7,9H2,1-3H3,(H,14,15,16). The summed E-state index contributed by atoms with van der Waals surface area (Å²) in [6.07, 6.45) is 3.80. The number of nitrogens with one attached hydrogen (secondary N) is 1. The van der Waals surface area contributed by atoms with Gasteiger partial charge < -0.3 is 15.0 Å². The summed E-state index contributed by atoms with van der Waals surface area (Å²) >= 11 is 0. The molecule has 1 unspecified atom stereocenters. The Morgan fingerprint density at radius 3 is 3.00 bits per heavy atom. The highest BCUT2D eigenvalue weighted by Crippen LogP contribution is 2.17. The SMILES string of the molecule is CNc1cc(OCC2CCCCN2C)nc(C)n1. The van der Waals surface area contributed by atoms with Crippen molar-refractivity contribution >= 4 is 5.82 Å². The molecule has 0 aliphatic carbocycles. The Hall–Kier alpha value is -1.36. The van der Waals surface area contributed by atoms with Crippen LogP contribution in [-0.2, 0) is 0 Å². The average molecular weight is 250 g/mol. The van der Waals surface area contributed by atoms with Crippen molar-refractivity contribution in [2.75, 3.05) is 32.6 Å². The number of rotatable bonds is 4. The van der Waals surface area contributed by atoms with Gasteiger partial charge in [-0.1, -0.05) is 6.42 Å². The molecule has 1 aromatic heterocycles. The first-order chi connectivity index (χ1) is 8.69. The number of hydrogen-bond acceptors (Lipinski definition) is 5. The molecule has 1 aliphatic rings. The topological polar surface area (TPSA) is 50.3 Å². The van der Waals surface area contributed by atoms with Gasteiger partial charge in [-0.25, -0.2) is 4.98 Å². The third kappa shape index (κ3) is 3.32. The predicted octanol–water partition coefficient (Wildman–Crippen LogP) is 1.69. The van der Waals surface area contributed by atoms with Crippen molar-refractivity contribution < 1.29 is 4.74 Å². The molecule has 0 saturated carbocycles. The molecular formula is C13H22N4O. The second-order valence-electron chi connectivity index (χ2n) is 4.83. The Labute approximate surface area is 109 Å². The monoisotopic (exact) mass is 250 g/mol. The summed E-state index contributed by atoms with van der Waals surface area (Å²) in [6.45, 7) is 3.75. The van der Waals surface area contributed by atoms with E-state index in [-0.39, 0.29) is 0 Å². The second kappa shape index (κ2) is 6.00.